The molecule has 1 aliphatic heterocycles. The molecule has 2 heterocycles. The van der Waals surface area contributed by atoms with Crippen molar-refractivity contribution in [3.05, 3.63) is 29.7 Å². The Morgan fingerprint density at radius 3 is 2.70 bits per heavy atom. The van der Waals surface area contributed by atoms with E-state index in [1.54, 1.807) is 6.07 Å². The van der Waals surface area contributed by atoms with E-state index in [2.05, 4.69) is 22.4 Å². The molecule has 0 aliphatic carbocycles. The van der Waals surface area contributed by atoms with E-state index in [-0.39, 0.29) is 42.1 Å². The second kappa shape index (κ2) is 11.6. The molecule has 1 fully saturated rings. The van der Waals surface area contributed by atoms with Crippen LogP contribution in [0.5, 0.6) is 5.75 Å². The summed E-state index contributed by atoms with van der Waals surface area (Å²) in [5, 5.41) is 7.16. The molecule has 0 saturated carbocycles. The lowest BCUT2D eigenvalue weighted by Crippen LogP contribution is -2.28. The number of unbranched alkanes of at least 4 members (excludes halogenated alkanes) is 4. The van der Waals surface area contributed by atoms with Crippen LogP contribution in [0, 0.1) is 0 Å². The Labute approximate surface area is 181 Å². The molecule has 0 amide bonds. The maximum absolute atomic E-state index is 13.6. The summed E-state index contributed by atoms with van der Waals surface area (Å²) in [4.78, 5) is 4.34. The standard InChI is InChI=1S/C21H28F3N3O2.ClH/c1-2-3-4-5-6-12-28-18-10-9-15(13-17(18)21(22,23)24)19-26-20(29-27-19)16-8-7-11-25-14-16;/h9-10,13,16,25H,2-8,11-12,14H2,1H3;1H/t16-;/m1./s1. The number of halogens is 4. The highest BCUT2D eigenvalue weighted by Crippen LogP contribution is 2.38. The van der Waals surface area contributed by atoms with E-state index in [1.807, 2.05) is 0 Å². The fraction of sp³-hybridized carbons (Fsp3) is 0.619. The van der Waals surface area contributed by atoms with Gasteiger partial charge in [-0.2, -0.15) is 18.2 Å². The molecule has 168 valence electrons. The zero-order valence-electron chi connectivity index (χ0n) is 17.1. The molecule has 1 atom stereocenters. The highest BCUT2D eigenvalue weighted by atomic mass is 35.5. The Kier molecular flexibility index (Phi) is 9.42. The first-order valence-electron chi connectivity index (χ1n) is 10.4. The fourth-order valence-electron chi connectivity index (χ4n) is 3.49. The van der Waals surface area contributed by atoms with Crippen molar-refractivity contribution < 1.29 is 22.4 Å². The molecule has 0 bridgehead atoms. The van der Waals surface area contributed by atoms with Gasteiger partial charge in [-0.3, -0.25) is 0 Å². The third kappa shape index (κ3) is 6.60. The van der Waals surface area contributed by atoms with Gasteiger partial charge in [-0.1, -0.05) is 37.8 Å². The van der Waals surface area contributed by atoms with Gasteiger partial charge in [0.1, 0.15) is 5.75 Å². The van der Waals surface area contributed by atoms with Crippen LogP contribution in [0.4, 0.5) is 13.2 Å². The first-order valence-corrected chi connectivity index (χ1v) is 10.4. The molecule has 1 aliphatic rings. The molecule has 1 N–H and O–H groups in total. The molecular weight excluding hydrogens is 419 g/mol. The van der Waals surface area contributed by atoms with Crippen molar-refractivity contribution in [2.45, 2.75) is 64.0 Å². The highest BCUT2D eigenvalue weighted by Gasteiger charge is 2.35. The Bertz CT molecular complexity index is 777. The van der Waals surface area contributed by atoms with E-state index in [0.29, 0.717) is 5.89 Å². The number of benzene rings is 1. The van der Waals surface area contributed by atoms with Gasteiger partial charge in [0, 0.05) is 12.1 Å². The molecule has 0 spiro atoms. The highest BCUT2D eigenvalue weighted by molar-refractivity contribution is 5.85. The summed E-state index contributed by atoms with van der Waals surface area (Å²) < 4.78 is 51.4. The summed E-state index contributed by atoms with van der Waals surface area (Å²) in [6, 6.07) is 3.94. The lowest BCUT2D eigenvalue weighted by Gasteiger charge is -2.18. The van der Waals surface area contributed by atoms with Crippen molar-refractivity contribution >= 4 is 12.4 Å². The van der Waals surface area contributed by atoms with Crippen molar-refractivity contribution in [1.82, 2.24) is 15.5 Å². The van der Waals surface area contributed by atoms with Crippen molar-refractivity contribution in [3.8, 4) is 17.1 Å². The summed E-state index contributed by atoms with van der Waals surface area (Å²) in [5.74, 6) is 0.578. The van der Waals surface area contributed by atoms with Gasteiger partial charge in [-0.15, -0.1) is 12.4 Å². The Hall–Kier alpha value is -1.80. The van der Waals surface area contributed by atoms with Gasteiger partial charge in [0.2, 0.25) is 11.7 Å². The molecule has 1 saturated heterocycles. The number of hydrogen-bond donors (Lipinski definition) is 1. The van der Waals surface area contributed by atoms with Crippen LogP contribution in [-0.4, -0.2) is 29.8 Å². The SMILES string of the molecule is CCCCCCCOc1ccc(-c2noc([C@@H]3CCCNC3)n2)cc1C(F)(F)F.Cl. The monoisotopic (exact) mass is 447 g/mol. The minimum absolute atomic E-state index is 0. The van der Waals surface area contributed by atoms with Crippen molar-refractivity contribution in [3.63, 3.8) is 0 Å². The van der Waals surface area contributed by atoms with Crippen LogP contribution in [0.15, 0.2) is 22.7 Å². The van der Waals surface area contributed by atoms with E-state index >= 15 is 0 Å². The number of rotatable bonds is 9. The predicted octanol–water partition coefficient (Wildman–Crippen LogP) is 5.99. The third-order valence-electron chi connectivity index (χ3n) is 5.14. The van der Waals surface area contributed by atoms with Crippen LogP contribution < -0.4 is 10.1 Å². The van der Waals surface area contributed by atoms with Crippen LogP contribution in [0.2, 0.25) is 0 Å². The van der Waals surface area contributed by atoms with E-state index in [1.165, 1.54) is 6.07 Å². The fourth-order valence-corrected chi connectivity index (χ4v) is 3.49. The van der Waals surface area contributed by atoms with Gasteiger partial charge >= 0.3 is 6.18 Å². The van der Waals surface area contributed by atoms with Crippen molar-refractivity contribution in [2.75, 3.05) is 19.7 Å². The van der Waals surface area contributed by atoms with Crippen LogP contribution in [0.1, 0.15) is 69.2 Å². The average molecular weight is 448 g/mol. The third-order valence-corrected chi connectivity index (χ3v) is 5.14. The van der Waals surface area contributed by atoms with Crippen LogP contribution in [0.3, 0.4) is 0 Å². The molecular formula is C21H29ClF3N3O2. The maximum atomic E-state index is 13.6. The lowest BCUT2D eigenvalue weighted by atomic mass is 10.00. The van der Waals surface area contributed by atoms with Gasteiger partial charge in [-0.25, -0.2) is 0 Å². The van der Waals surface area contributed by atoms with Crippen LogP contribution >= 0.6 is 12.4 Å². The normalized spacial score (nSPS) is 16.9. The number of hydrogen-bond acceptors (Lipinski definition) is 5. The number of piperidine rings is 1. The van der Waals surface area contributed by atoms with Crippen molar-refractivity contribution in [2.24, 2.45) is 0 Å². The zero-order valence-corrected chi connectivity index (χ0v) is 18.0. The molecule has 30 heavy (non-hydrogen) atoms. The number of nitrogens with one attached hydrogen (secondary N) is 1. The van der Waals surface area contributed by atoms with E-state index < -0.39 is 11.7 Å². The molecule has 0 unspecified atom stereocenters. The summed E-state index contributed by atoms with van der Waals surface area (Å²) in [5.41, 5.74) is -0.541. The van der Waals surface area contributed by atoms with Gasteiger partial charge in [0.15, 0.2) is 0 Å². The van der Waals surface area contributed by atoms with Gasteiger partial charge in [0.05, 0.1) is 18.1 Å². The molecule has 3 rings (SSSR count). The number of ether oxygens (including phenoxy) is 1. The molecule has 9 heteroatoms. The maximum Gasteiger partial charge on any atom is 0.419 e. The minimum atomic E-state index is -4.52. The molecule has 5 nitrogen and oxygen atoms in total. The summed E-state index contributed by atoms with van der Waals surface area (Å²) in [7, 11) is 0. The first kappa shape index (κ1) is 24.5. The van der Waals surface area contributed by atoms with E-state index in [4.69, 9.17) is 9.26 Å². The van der Waals surface area contributed by atoms with Gasteiger partial charge in [-0.05, 0) is 44.0 Å². The van der Waals surface area contributed by atoms with Crippen LogP contribution in [0.25, 0.3) is 11.4 Å². The topological polar surface area (TPSA) is 60.2 Å². The Balaban J connectivity index is 0.00000320. The predicted molar refractivity (Wildman–Crippen MR) is 111 cm³/mol. The second-order valence-electron chi connectivity index (χ2n) is 7.47. The van der Waals surface area contributed by atoms with E-state index in [9.17, 15) is 13.2 Å². The number of alkyl halides is 3. The first-order chi connectivity index (χ1) is 14.0. The summed E-state index contributed by atoms with van der Waals surface area (Å²) in [6.45, 7) is 4.08. The number of aromatic nitrogens is 2. The largest absolute Gasteiger partial charge is 0.493 e. The average Bonchev–Trinajstić information content (AvgIpc) is 3.21. The molecule has 0 radical (unpaired) electrons. The Morgan fingerprint density at radius 2 is 2.00 bits per heavy atom. The van der Waals surface area contributed by atoms with E-state index in [0.717, 1.165) is 64.1 Å². The number of nitrogens with zero attached hydrogens (tertiary/aromatic N) is 2. The summed E-state index contributed by atoms with van der Waals surface area (Å²) >= 11 is 0. The minimum Gasteiger partial charge on any atom is -0.493 e. The zero-order chi connectivity index (χ0) is 20.7. The van der Waals surface area contributed by atoms with Crippen molar-refractivity contribution in [1.29, 1.82) is 0 Å². The smallest absolute Gasteiger partial charge is 0.419 e. The lowest BCUT2D eigenvalue weighted by molar-refractivity contribution is -0.138. The second-order valence-corrected chi connectivity index (χ2v) is 7.47. The quantitative estimate of drug-likeness (QED) is 0.478. The van der Waals surface area contributed by atoms with Gasteiger partial charge in [0.25, 0.3) is 0 Å². The molecule has 1 aromatic carbocycles. The van der Waals surface area contributed by atoms with Crippen LogP contribution in [-0.2, 0) is 6.18 Å². The molecule has 2 aromatic rings. The Morgan fingerprint density at radius 1 is 1.20 bits per heavy atom. The summed E-state index contributed by atoms with van der Waals surface area (Å²) in [6.07, 6.45) is 2.42. The van der Waals surface area contributed by atoms with Gasteiger partial charge < -0.3 is 14.6 Å². The molecule has 1 aromatic heterocycles.